The second-order valence-electron chi connectivity index (χ2n) is 5.36. The number of ketones is 1. The van der Waals surface area contributed by atoms with Crippen LogP contribution < -0.4 is 10.1 Å². The fraction of sp³-hybridized carbons (Fsp3) is 0.533. The molecule has 4 nitrogen and oxygen atoms in total. The Balaban J connectivity index is 2.20. The first-order chi connectivity index (χ1) is 9.05. The number of benzene rings is 1. The molecule has 1 saturated heterocycles. The van der Waals surface area contributed by atoms with Gasteiger partial charge in [-0.3, -0.25) is 9.69 Å². The van der Waals surface area contributed by atoms with Crippen molar-refractivity contribution in [2.45, 2.75) is 19.4 Å². The molecule has 1 aliphatic heterocycles. The van der Waals surface area contributed by atoms with Crippen LogP contribution in [0.4, 0.5) is 0 Å². The van der Waals surface area contributed by atoms with Gasteiger partial charge in [-0.25, -0.2) is 0 Å². The van der Waals surface area contributed by atoms with Gasteiger partial charge >= 0.3 is 0 Å². The first-order valence-electron chi connectivity index (χ1n) is 6.70. The molecular formula is C15H22N2O2. The number of carbonyl (C=O) groups excluding carboxylic acids is 1. The van der Waals surface area contributed by atoms with Crippen molar-refractivity contribution in [1.29, 1.82) is 0 Å². The van der Waals surface area contributed by atoms with Crippen LogP contribution >= 0.6 is 0 Å². The molecule has 1 aromatic rings. The van der Waals surface area contributed by atoms with E-state index in [4.69, 9.17) is 4.74 Å². The third kappa shape index (κ3) is 2.96. The molecule has 0 bridgehead atoms. The van der Waals surface area contributed by atoms with Gasteiger partial charge in [0.25, 0.3) is 0 Å². The number of hydrogen-bond donors (Lipinski definition) is 1. The lowest BCUT2D eigenvalue weighted by Crippen LogP contribution is -2.57. The summed E-state index contributed by atoms with van der Waals surface area (Å²) in [5.41, 5.74) is 0.233. The minimum Gasteiger partial charge on any atom is -0.497 e. The summed E-state index contributed by atoms with van der Waals surface area (Å²) in [5, 5.41) is 3.31. The van der Waals surface area contributed by atoms with Crippen LogP contribution in [-0.4, -0.2) is 49.5 Å². The van der Waals surface area contributed by atoms with Crippen LogP contribution in [0, 0.1) is 0 Å². The van der Waals surface area contributed by atoms with Crippen molar-refractivity contribution in [3.63, 3.8) is 0 Å². The van der Waals surface area contributed by atoms with Gasteiger partial charge in [0.2, 0.25) is 0 Å². The zero-order valence-electron chi connectivity index (χ0n) is 11.9. The molecule has 19 heavy (non-hydrogen) atoms. The van der Waals surface area contributed by atoms with Crippen molar-refractivity contribution in [3.8, 4) is 5.75 Å². The van der Waals surface area contributed by atoms with Gasteiger partial charge in [-0.1, -0.05) is 12.1 Å². The van der Waals surface area contributed by atoms with Crippen LogP contribution in [0.15, 0.2) is 24.3 Å². The smallest absolute Gasteiger partial charge is 0.182 e. The van der Waals surface area contributed by atoms with E-state index < -0.39 is 5.54 Å². The molecule has 0 saturated carbocycles. The van der Waals surface area contributed by atoms with Gasteiger partial charge in [0.05, 0.1) is 12.6 Å². The number of ether oxygens (including phenoxy) is 1. The van der Waals surface area contributed by atoms with Crippen LogP contribution in [0.25, 0.3) is 0 Å². The number of nitrogens with one attached hydrogen (secondary N) is 1. The Morgan fingerprint density at radius 3 is 2.63 bits per heavy atom. The molecule has 0 radical (unpaired) electrons. The predicted octanol–water partition coefficient (Wildman–Crippen LogP) is 1.56. The maximum atomic E-state index is 12.7. The molecule has 1 N–H and O–H groups in total. The van der Waals surface area contributed by atoms with E-state index in [1.807, 2.05) is 38.1 Å². The van der Waals surface area contributed by atoms with E-state index in [1.165, 1.54) is 0 Å². The molecule has 104 valence electrons. The lowest BCUT2D eigenvalue weighted by atomic mass is 9.90. The van der Waals surface area contributed by atoms with E-state index in [-0.39, 0.29) is 5.78 Å². The topological polar surface area (TPSA) is 41.6 Å². The summed E-state index contributed by atoms with van der Waals surface area (Å²) >= 11 is 0. The van der Waals surface area contributed by atoms with Gasteiger partial charge in [0, 0.05) is 31.7 Å². The first-order valence-corrected chi connectivity index (χ1v) is 6.70. The van der Waals surface area contributed by atoms with Crippen molar-refractivity contribution in [2.75, 3.05) is 33.3 Å². The van der Waals surface area contributed by atoms with Gasteiger partial charge < -0.3 is 10.1 Å². The minimum absolute atomic E-state index is 0.147. The first kappa shape index (κ1) is 14.0. The number of piperazine rings is 1. The minimum atomic E-state index is -0.478. The summed E-state index contributed by atoms with van der Waals surface area (Å²) in [6.45, 7) is 7.69. The standard InChI is InChI=1S/C15H22N2O2/c1-15(2,17-9-7-16-8-10-17)14(18)12-5-4-6-13(11-12)19-3/h4-6,11,16H,7-10H2,1-3H3. The largest absolute Gasteiger partial charge is 0.497 e. The van der Waals surface area contributed by atoms with Gasteiger partial charge in [-0.05, 0) is 26.0 Å². The molecule has 1 heterocycles. The summed E-state index contributed by atoms with van der Waals surface area (Å²) < 4.78 is 5.19. The summed E-state index contributed by atoms with van der Waals surface area (Å²) in [6.07, 6.45) is 0. The average Bonchev–Trinajstić information content (AvgIpc) is 2.47. The van der Waals surface area contributed by atoms with E-state index in [0.717, 1.165) is 31.9 Å². The predicted molar refractivity (Wildman–Crippen MR) is 75.8 cm³/mol. The Morgan fingerprint density at radius 2 is 2.00 bits per heavy atom. The lowest BCUT2D eigenvalue weighted by Gasteiger charge is -2.40. The quantitative estimate of drug-likeness (QED) is 0.836. The second-order valence-corrected chi connectivity index (χ2v) is 5.36. The zero-order valence-corrected chi connectivity index (χ0v) is 11.9. The summed E-state index contributed by atoms with van der Waals surface area (Å²) in [5.74, 6) is 0.871. The van der Waals surface area contributed by atoms with Crippen molar-refractivity contribution in [1.82, 2.24) is 10.2 Å². The molecule has 2 rings (SSSR count). The van der Waals surface area contributed by atoms with Gasteiger partial charge in [-0.2, -0.15) is 0 Å². The molecule has 4 heteroatoms. The average molecular weight is 262 g/mol. The lowest BCUT2D eigenvalue weighted by molar-refractivity contribution is 0.0602. The van der Waals surface area contributed by atoms with E-state index in [0.29, 0.717) is 5.56 Å². The molecule has 0 atom stereocenters. The van der Waals surface area contributed by atoms with Crippen molar-refractivity contribution >= 4 is 5.78 Å². The van der Waals surface area contributed by atoms with Crippen molar-refractivity contribution in [2.24, 2.45) is 0 Å². The molecule has 1 aliphatic rings. The molecular weight excluding hydrogens is 240 g/mol. The third-order valence-electron chi connectivity index (χ3n) is 3.80. The van der Waals surface area contributed by atoms with Crippen molar-refractivity contribution in [3.05, 3.63) is 29.8 Å². The maximum Gasteiger partial charge on any atom is 0.182 e. The highest BCUT2D eigenvalue weighted by Crippen LogP contribution is 2.23. The van der Waals surface area contributed by atoms with E-state index in [2.05, 4.69) is 10.2 Å². The third-order valence-corrected chi connectivity index (χ3v) is 3.80. The monoisotopic (exact) mass is 262 g/mol. The Bertz CT molecular complexity index is 451. The molecule has 0 unspecified atom stereocenters. The highest BCUT2D eigenvalue weighted by atomic mass is 16.5. The Hall–Kier alpha value is -1.39. The molecule has 1 aromatic carbocycles. The zero-order chi connectivity index (χ0) is 13.9. The summed E-state index contributed by atoms with van der Waals surface area (Å²) in [4.78, 5) is 15.0. The van der Waals surface area contributed by atoms with Gasteiger partial charge in [-0.15, -0.1) is 0 Å². The molecule has 0 amide bonds. The summed E-state index contributed by atoms with van der Waals surface area (Å²) in [7, 11) is 1.62. The van der Waals surface area contributed by atoms with Crippen LogP contribution in [0.5, 0.6) is 5.75 Å². The second kappa shape index (κ2) is 5.72. The highest BCUT2D eigenvalue weighted by Gasteiger charge is 2.35. The Morgan fingerprint density at radius 1 is 1.32 bits per heavy atom. The van der Waals surface area contributed by atoms with Crippen LogP contribution in [-0.2, 0) is 0 Å². The Kier molecular flexibility index (Phi) is 4.22. The number of nitrogens with zero attached hydrogens (tertiary/aromatic N) is 1. The Labute approximate surface area is 114 Å². The molecule has 0 aliphatic carbocycles. The van der Waals surface area contributed by atoms with E-state index in [9.17, 15) is 4.79 Å². The molecule has 0 spiro atoms. The SMILES string of the molecule is COc1cccc(C(=O)C(C)(C)N2CCNCC2)c1. The molecule has 0 aromatic heterocycles. The summed E-state index contributed by atoms with van der Waals surface area (Å²) in [6, 6.07) is 7.38. The van der Waals surface area contributed by atoms with Crippen molar-refractivity contribution < 1.29 is 9.53 Å². The molecule has 1 fully saturated rings. The van der Waals surface area contributed by atoms with E-state index >= 15 is 0 Å². The normalized spacial score (nSPS) is 17.2. The van der Waals surface area contributed by atoms with Crippen LogP contribution in [0.3, 0.4) is 0 Å². The fourth-order valence-electron chi connectivity index (χ4n) is 2.48. The number of carbonyl (C=O) groups is 1. The van der Waals surface area contributed by atoms with Crippen LogP contribution in [0.2, 0.25) is 0 Å². The van der Waals surface area contributed by atoms with E-state index in [1.54, 1.807) is 7.11 Å². The van der Waals surface area contributed by atoms with Gasteiger partial charge in [0.1, 0.15) is 5.75 Å². The highest BCUT2D eigenvalue weighted by molar-refractivity contribution is 6.03. The number of methoxy groups -OCH3 is 1. The number of Topliss-reactive ketones (excluding diaryl/α,β-unsaturated/α-hetero) is 1. The maximum absolute atomic E-state index is 12.7. The number of hydrogen-bond acceptors (Lipinski definition) is 4. The fourth-order valence-corrected chi connectivity index (χ4v) is 2.48. The van der Waals surface area contributed by atoms with Crippen LogP contribution in [0.1, 0.15) is 24.2 Å². The number of rotatable bonds is 4. The van der Waals surface area contributed by atoms with Gasteiger partial charge in [0.15, 0.2) is 5.78 Å².